The molecule has 0 atom stereocenters. The molecule has 1 fully saturated rings. The quantitative estimate of drug-likeness (QED) is 0.664. The third kappa shape index (κ3) is 4.00. The smallest absolute Gasteiger partial charge is 0.293 e. The summed E-state index contributed by atoms with van der Waals surface area (Å²) in [5.41, 5.74) is 0.602. The fourth-order valence-corrected chi connectivity index (χ4v) is 3.70. The van der Waals surface area contributed by atoms with Crippen LogP contribution in [-0.2, 0) is 4.79 Å². The molecule has 1 saturated heterocycles. The third-order valence-corrected chi connectivity index (χ3v) is 5.19. The largest absolute Gasteiger partial charge is 0.496 e. The second-order valence-corrected chi connectivity index (χ2v) is 7.08. The normalized spacial score (nSPS) is 16.6. The van der Waals surface area contributed by atoms with Crippen LogP contribution in [0.15, 0.2) is 41.3 Å². The van der Waals surface area contributed by atoms with E-state index in [2.05, 4.69) is 0 Å². The summed E-state index contributed by atoms with van der Waals surface area (Å²) in [6.07, 6.45) is 1.59. The molecule has 0 aromatic heterocycles. The summed E-state index contributed by atoms with van der Waals surface area (Å²) in [5, 5.41) is -0.385. The molecule has 2 amide bonds. The molecule has 150 valence electrons. The average molecular weight is 417 g/mol. The van der Waals surface area contributed by atoms with Gasteiger partial charge in [0.25, 0.3) is 11.1 Å². The number of nitrogens with zero attached hydrogens (tertiary/aromatic N) is 1. The van der Waals surface area contributed by atoms with Crippen molar-refractivity contribution in [1.82, 2.24) is 4.90 Å². The molecule has 2 aliphatic rings. The SMILES string of the molecule is COc1cc2c(cc1/C=C1/SC(=O)N(CCOc3ccc(F)cc3)C1=O)OCO2. The van der Waals surface area contributed by atoms with Gasteiger partial charge in [0.1, 0.15) is 23.9 Å². The first kappa shape index (κ1) is 19.1. The molecular formula is C20H16FNO6S. The van der Waals surface area contributed by atoms with Crippen molar-refractivity contribution in [3.8, 4) is 23.0 Å². The summed E-state index contributed by atoms with van der Waals surface area (Å²) in [5.74, 6) is 1.28. The summed E-state index contributed by atoms with van der Waals surface area (Å²) >= 11 is 0.843. The van der Waals surface area contributed by atoms with Gasteiger partial charge in [-0.2, -0.15) is 0 Å². The summed E-state index contributed by atoms with van der Waals surface area (Å²) in [6.45, 7) is 0.300. The van der Waals surface area contributed by atoms with Gasteiger partial charge in [-0.1, -0.05) is 0 Å². The van der Waals surface area contributed by atoms with E-state index in [4.69, 9.17) is 18.9 Å². The van der Waals surface area contributed by atoms with Crippen molar-refractivity contribution in [2.45, 2.75) is 0 Å². The van der Waals surface area contributed by atoms with Crippen LogP contribution in [0.5, 0.6) is 23.0 Å². The summed E-state index contributed by atoms with van der Waals surface area (Å²) in [6, 6.07) is 8.89. The van der Waals surface area contributed by atoms with Gasteiger partial charge in [0.15, 0.2) is 11.5 Å². The van der Waals surface area contributed by atoms with Crippen LogP contribution in [0, 0.1) is 5.82 Å². The predicted molar refractivity (Wildman–Crippen MR) is 104 cm³/mol. The fraction of sp³-hybridized carbons (Fsp3) is 0.200. The Bertz CT molecular complexity index is 991. The molecule has 4 rings (SSSR count). The zero-order valence-electron chi connectivity index (χ0n) is 15.3. The molecular weight excluding hydrogens is 401 g/mol. The second-order valence-electron chi connectivity index (χ2n) is 6.08. The first-order valence-electron chi connectivity index (χ1n) is 8.66. The Hall–Kier alpha value is -3.20. The number of carbonyl (C=O) groups is 2. The Morgan fingerprint density at radius 3 is 2.62 bits per heavy atom. The Labute approximate surface area is 170 Å². The number of rotatable bonds is 6. The van der Waals surface area contributed by atoms with E-state index in [9.17, 15) is 14.0 Å². The number of ether oxygens (including phenoxy) is 4. The van der Waals surface area contributed by atoms with E-state index in [0.29, 0.717) is 28.6 Å². The number of amides is 2. The van der Waals surface area contributed by atoms with Crippen LogP contribution in [-0.4, -0.2) is 43.1 Å². The van der Waals surface area contributed by atoms with Crippen molar-refractivity contribution in [3.05, 3.63) is 52.7 Å². The van der Waals surface area contributed by atoms with Gasteiger partial charge >= 0.3 is 0 Å². The van der Waals surface area contributed by atoms with Crippen molar-refractivity contribution < 1.29 is 32.9 Å². The standard InChI is InChI=1S/C20H16FNO6S/c1-25-15-10-17-16(27-11-28-17)8-12(15)9-18-19(23)22(20(24)29-18)6-7-26-14-4-2-13(21)3-5-14/h2-5,8-10H,6-7,11H2,1H3/b18-9+. The number of hydrogen-bond donors (Lipinski definition) is 0. The summed E-state index contributed by atoms with van der Waals surface area (Å²) < 4.78 is 34.4. The lowest BCUT2D eigenvalue weighted by molar-refractivity contribution is -0.123. The Balaban J connectivity index is 1.46. The average Bonchev–Trinajstić information content (AvgIpc) is 3.27. The Morgan fingerprint density at radius 1 is 1.17 bits per heavy atom. The van der Waals surface area contributed by atoms with E-state index in [0.717, 1.165) is 16.7 Å². The van der Waals surface area contributed by atoms with Crippen LogP contribution in [0.3, 0.4) is 0 Å². The van der Waals surface area contributed by atoms with Gasteiger partial charge < -0.3 is 18.9 Å². The highest BCUT2D eigenvalue weighted by molar-refractivity contribution is 8.18. The van der Waals surface area contributed by atoms with E-state index >= 15 is 0 Å². The van der Waals surface area contributed by atoms with Gasteiger partial charge in [0.2, 0.25) is 6.79 Å². The first-order chi connectivity index (χ1) is 14.0. The van der Waals surface area contributed by atoms with E-state index < -0.39 is 5.91 Å². The minimum Gasteiger partial charge on any atom is -0.496 e. The van der Waals surface area contributed by atoms with Gasteiger partial charge in [-0.15, -0.1) is 0 Å². The molecule has 2 aromatic rings. The number of hydrogen-bond acceptors (Lipinski definition) is 7. The van der Waals surface area contributed by atoms with Crippen LogP contribution in [0.25, 0.3) is 6.08 Å². The molecule has 2 heterocycles. The zero-order chi connectivity index (χ0) is 20.4. The maximum absolute atomic E-state index is 12.9. The van der Waals surface area contributed by atoms with Crippen LogP contribution in [0.1, 0.15) is 5.56 Å². The molecule has 2 aliphatic heterocycles. The number of imide groups is 1. The van der Waals surface area contributed by atoms with E-state index in [1.807, 2.05) is 0 Å². The molecule has 7 nitrogen and oxygen atoms in total. The minimum absolute atomic E-state index is 0.0810. The van der Waals surface area contributed by atoms with Gasteiger partial charge in [-0.25, -0.2) is 4.39 Å². The maximum atomic E-state index is 12.9. The number of benzene rings is 2. The molecule has 0 spiro atoms. The number of halogens is 1. The Kier molecular flexibility index (Phi) is 5.30. The summed E-state index contributed by atoms with van der Waals surface area (Å²) in [7, 11) is 1.51. The van der Waals surface area contributed by atoms with Crippen LogP contribution in [0.4, 0.5) is 9.18 Å². The van der Waals surface area contributed by atoms with Crippen LogP contribution < -0.4 is 18.9 Å². The molecule has 29 heavy (non-hydrogen) atoms. The minimum atomic E-state index is -0.414. The molecule has 2 aromatic carbocycles. The molecule has 0 N–H and O–H groups in total. The van der Waals surface area contributed by atoms with Gasteiger partial charge in [-0.3, -0.25) is 14.5 Å². The van der Waals surface area contributed by atoms with Gasteiger partial charge in [0, 0.05) is 11.6 Å². The van der Waals surface area contributed by atoms with Gasteiger partial charge in [-0.05, 0) is 48.2 Å². The number of carbonyl (C=O) groups excluding carboxylic acids is 2. The van der Waals surface area contributed by atoms with Crippen molar-refractivity contribution >= 4 is 29.0 Å². The van der Waals surface area contributed by atoms with Crippen molar-refractivity contribution in [2.24, 2.45) is 0 Å². The zero-order valence-corrected chi connectivity index (χ0v) is 16.2. The molecule has 0 radical (unpaired) electrons. The van der Waals surface area contributed by atoms with Crippen molar-refractivity contribution in [3.63, 3.8) is 0 Å². The van der Waals surface area contributed by atoms with Crippen LogP contribution in [0.2, 0.25) is 0 Å². The Morgan fingerprint density at radius 2 is 1.90 bits per heavy atom. The lowest BCUT2D eigenvalue weighted by atomic mass is 10.1. The highest BCUT2D eigenvalue weighted by atomic mass is 32.2. The molecule has 0 unspecified atom stereocenters. The van der Waals surface area contributed by atoms with E-state index in [-0.39, 0.29) is 35.9 Å². The fourth-order valence-electron chi connectivity index (χ4n) is 2.85. The van der Waals surface area contributed by atoms with E-state index in [1.54, 1.807) is 18.2 Å². The number of methoxy groups -OCH3 is 1. The monoisotopic (exact) mass is 417 g/mol. The highest BCUT2D eigenvalue weighted by Gasteiger charge is 2.35. The highest BCUT2D eigenvalue weighted by Crippen LogP contribution is 2.40. The lowest BCUT2D eigenvalue weighted by Crippen LogP contribution is -2.32. The number of fused-ring (bicyclic) bond motifs is 1. The van der Waals surface area contributed by atoms with Gasteiger partial charge in [0.05, 0.1) is 18.6 Å². The first-order valence-corrected chi connectivity index (χ1v) is 9.48. The lowest BCUT2D eigenvalue weighted by Gasteiger charge is -2.13. The summed E-state index contributed by atoms with van der Waals surface area (Å²) in [4.78, 5) is 26.3. The number of thioether (sulfide) groups is 1. The van der Waals surface area contributed by atoms with Crippen molar-refractivity contribution in [1.29, 1.82) is 0 Å². The van der Waals surface area contributed by atoms with E-state index in [1.165, 1.54) is 31.4 Å². The molecule has 0 bridgehead atoms. The predicted octanol–water partition coefficient (Wildman–Crippen LogP) is 3.68. The topological polar surface area (TPSA) is 74.3 Å². The molecule has 9 heteroatoms. The van der Waals surface area contributed by atoms with Crippen LogP contribution >= 0.6 is 11.8 Å². The van der Waals surface area contributed by atoms with Crippen molar-refractivity contribution in [2.75, 3.05) is 27.1 Å². The maximum Gasteiger partial charge on any atom is 0.293 e. The molecule has 0 aliphatic carbocycles. The second kappa shape index (κ2) is 8.04. The third-order valence-electron chi connectivity index (χ3n) is 4.28. The molecule has 0 saturated carbocycles.